The van der Waals surface area contributed by atoms with E-state index < -0.39 is 41.0 Å². The molecule has 6 bridgehead atoms. The van der Waals surface area contributed by atoms with Gasteiger partial charge in [-0.05, 0) is 151 Å². The second kappa shape index (κ2) is 26.0. The number of aryl methyl sites for hydroxylation is 1. The normalized spacial score (nSPS) is 23.7. The summed E-state index contributed by atoms with van der Waals surface area (Å²) >= 11 is 0. The van der Waals surface area contributed by atoms with E-state index in [0.717, 1.165) is 98.2 Å². The molecule has 1 fully saturated rings. The Morgan fingerprint density at radius 3 is 2.47 bits per heavy atom. The number of hydrogen-bond acceptors (Lipinski definition) is 13. The Balaban J connectivity index is 0.982. The fourth-order valence-electron chi connectivity index (χ4n) is 16.5. The zero-order chi connectivity index (χ0) is 64.7. The number of dihydropyridines is 1. The van der Waals surface area contributed by atoms with Crippen LogP contribution in [0.25, 0.3) is 10.8 Å². The minimum absolute atomic E-state index is 0.00415. The predicted octanol–water partition coefficient (Wildman–Crippen LogP) is 14.0. The second-order valence-corrected chi connectivity index (χ2v) is 26.6. The smallest absolute Gasteiger partial charge is 0.302 e. The summed E-state index contributed by atoms with van der Waals surface area (Å²) in [6.45, 7) is 5.86. The highest BCUT2D eigenvalue weighted by Gasteiger charge is 2.45. The first-order chi connectivity index (χ1) is 45.0. The van der Waals surface area contributed by atoms with Crippen LogP contribution in [0.3, 0.4) is 0 Å². The highest BCUT2D eigenvalue weighted by molar-refractivity contribution is 6.00. The molecular formula is C78H82N4O11. The van der Waals surface area contributed by atoms with Crippen LogP contribution in [0.4, 0.5) is 5.69 Å². The van der Waals surface area contributed by atoms with Crippen LogP contribution in [-0.2, 0) is 32.0 Å². The highest BCUT2D eigenvalue weighted by atomic mass is 16.5. The average Bonchev–Trinajstić information content (AvgIpc) is 1.62. The molecule has 0 unspecified atom stereocenters. The molecule has 15 heteroatoms. The minimum atomic E-state index is -0.822. The molecule has 13 rings (SSSR count). The molecule has 8 atom stereocenters. The van der Waals surface area contributed by atoms with E-state index in [4.69, 9.17) is 14.2 Å². The molecule has 4 aliphatic carbocycles. The number of aromatic amines is 1. The summed E-state index contributed by atoms with van der Waals surface area (Å²) in [6.07, 6.45) is 21.7. The van der Waals surface area contributed by atoms with Crippen LogP contribution in [0.5, 0.6) is 34.5 Å². The molecule has 6 aliphatic rings. The van der Waals surface area contributed by atoms with E-state index in [-0.39, 0.29) is 96.2 Å². The summed E-state index contributed by atoms with van der Waals surface area (Å²) in [5, 5.41) is 63.5. The number of aliphatic hydroxyl groups excluding tert-OH is 2. The first kappa shape index (κ1) is 62.6. The number of hydrogen-bond donors (Lipinski definition) is 7. The molecular weight excluding hydrogens is 1170 g/mol. The number of phenolic OH excluding ortho intramolecular Hbond substituents is 3. The van der Waals surface area contributed by atoms with Crippen LogP contribution in [0.2, 0.25) is 0 Å². The van der Waals surface area contributed by atoms with E-state index in [1.165, 1.54) is 20.1 Å². The summed E-state index contributed by atoms with van der Waals surface area (Å²) in [6, 6.07) is 28.9. The molecule has 7 aromatic rings. The Kier molecular flexibility index (Phi) is 17.5. The van der Waals surface area contributed by atoms with Crippen molar-refractivity contribution in [3.05, 3.63) is 208 Å². The largest absolute Gasteiger partial charge is 0.508 e. The first-order valence-corrected chi connectivity index (χ1v) is 32.9. The lowest BCUT2D eigenvalue weighted by Gasteiger charge is -2.43. The summed E-state index contributed by atoms with van der Waals surface area (Å²) in [5.41, 5.74) is 8.73. The molecule has 15 nitrogen and oxygen atoms in total. The summed E-state index contributed by atoms with van der Waals surface area (Å²) < 4.78 is 21.1. The maximum atomic E-state index is 15.5. The number of methoxy groups -OCH3 is 1. The third kappa shape index (κ3) is 12.2. The van der Waals surface area contributed by atoms with Gasteiger partial charge in [-0.2, -0.15) is 0 Å². The number of benzene rings is 5. The second-order valence-electron chi connectivity index (χ2n) is 26.6. The molecule has 4 heterocycles. The van der Waals surface area contributed by atoms with Crippen molar-refractivity contribution in [2.24, 2.45) is 16.7 Å². The number of carbonyl (C=O) groups excluding carboxylic acids is 3. The number of ketones is 2. The number of aliphatic hydroxyl groups is 2. The van der Waals surface area contributed by atoms with Crippen molar-refractivity contribution in [2.45, 2.75) is 140 Å². The number of allylic oxidation sites excluding steroid dienone is 6. The van der Waals surface area contributed by atoms with E-state index in [1.54, 1.807) is 31.2 Å². The number of nitrogens with zero attached hydrogens (tertiary/aromatic N) is 2. The maximum Gasteiger partial charge on any atom is 0.302 e. The standard InChI is InChI=1S/C78H82N4O11/c1-47-13-10-17-56-18-12-20-62-64-44-79-43-55(64)42-78(47,56)30-25-60(92-49(3)85)39-59(88)41-68(53-36-70(90)76(71(37-53)91-4)93-61-35-54(34-58(87)40-61)75(50-14-6-5-7-15-50)77(46-83)28-8-9-29-77)82-45-65-66(22-21-63-69(89)24-23-67(82)74(63)65)81(32-27-48(2)84)72-38-52(26-31-80-72)73(62)51-16-11-19-57(86)33-51/h5-7,10-11,13-17,19,21-22,26,33-38,40,43-45,47,60,62,68-69,73,75,79-80,83,86-87,89-90H,8-9,18,23-25,27-32,39,41-42,46H2,1-4H3/t47-,60-,62-,68+,69+,73-,75+,78-/m1/s1. The molecule has 2 aromatic heterocycles. The van der Waals surface area contributed by atoms with Gasteiger partial charge in [0.2, 0.25) is 5.75 Å². The van der Waals surface area contributed by atoms with Crippen molar-refractivity contribution in [3.63, 3.8) is 0 Å². The van der Waals surface area contributed by atoms with Crippen molar-refractivity contribution in [1.29, 1.82) is 0 Å². The number of carbonyl (C=O) groups is 3. The van der Waals surface area contributed by atoms with Gasteiger partial charge in [0, 0.05) is 116 Å². The molecule has 0 amide bonds. The van der Waals surface area contributed by atoms with Crippen LogP contribution in [0.1, 0.15) is 166 Å². The maximum absolute atomic E-state index is 15.5. The Hall–Kier alpha value is -9.23. The Bertz CT molecular complexity index is 4230. The van der Waals surface area contributed by atoms with Crippen LogP contribution < -0.4 is 19.7 Å². The van der Waals surface area contributed by atoms with Crippen molar-refractivity contribution < 1.29 is 54.1 Å². The number of anilines is 1. The van der Waals surface area contributed by atoms with Crippen LogP contribution in [-0.4, -0.2) is 85.5 Å². The van der Waals surface area contributed by atoms with Crippen molar-refractivity contribution in [2.75, 3.05) is 31.7 Å². The van der Waals surface area contributed by atoms with Crippen LogP contribution >= 0.6 is 0 Å². The number of ether oxygens (including phenoxy) is 3. The van der Waals surface area contributed by atoms with Crippen LogP contribution in [0, 0.1) is 28.6 Å². The number of rotatable bonds is 13. The topological polar surface area (TPSA) is 216 Å². The highest BCUT2D eigenvalue weighted by Crippen LogP contribution is 2.55. The Morgan fingerprint density at radius 2 is 1.70 bits per heavy atom. The van der Waals surface area contributed by atoms with Gasteiger partial charge < -0.3 is 59.5 Å². The SMILES string of the molecule is COc1cc([C@@H]2CC(=O)C[C@H](OC(C)=O)CC[C@]34Cc5c[nH]cc5[C@@H](C#CCC3=CC=C[C@H]4C)[C@H](c3cccc(O)c3)C3=CCNC(=C3)N(CCC(C)=O)c3ccc4c5c(n2cc35)CC[C@@H]4O)cc(O)c1Oc1cc(O)cc([C@H](c2ccccc2)C2(CO)CCCC2)c1. The van der Waals surface area contributed by atoms with E-state index in [0.29, 0.717) is 50.6 Å². The first-order valence-electron chi connectivity index (χ1n) is 32.9. The fraction of sp³-hybridized carbons (Fsp3) is 0.372. The molecule has 5 aromatic carbocycles. The number of aromatic hydroxyl groups is 3. The fourth-order valence-corrected chi connectivity index (χ4v) is 16.5. The number of aromatic nitrogens is 2. The number of phenols is 3. The van der Waals surface area contributed by atoms with Gasteiger partial charge in [-0.15, -0.1) is 0 Å². The monoisotopic (exact) mass is 1250 g/mol. The quantitative estimate of drug-likeness (QED) is 0.0423. The number of esters is 1. The zero-order valence-electron chi connectivity index (χ0n) is 53.3. The number of Topliss-reactive ketones (excluding diaryl/α,β-unsaturated/α-hetero) is 2. The van der Waals surface area contributed by atoms with E-state index >= 15 is 4.79 Å². The molecule has 1 spiro atoms. The number of nitrogens with one attached hydrogen (secondary N) is 2. The molecule has 480 valence electrons. The van der Waals surface area contributed by atoms with E-state index in [9.17, 15) is 35.1 Å². The van der Waals surface area contributed by atoms with Crippen molar-refractivity contribution in [1.82, 2.24) is 14.9 Å². The average molecular weight is 1250 g/mol. The van der Waals surface area contributed by atoms with Gasteiger partial charge in [0.1, 0.15) is 40.7 Å². The lowest BCUT2D eigenvalue weighted by Crippen LogP contribution is -2.36. The lowest BCUT2D eigenvalue weighted by atomic mass is 9.61. The van der Waals surface area contributed by atoms with Crippen LogP contribution in [0.15, 0.2) is 163 Å². The summed E-state index contributed by atoms with van der Waals surface area (Å²) in [5.74, 6) is 6.63. The minimum Gasteiger partial charge on any atom is -0.508 e. The summed E-state index contributed by atoms with van der Waals surface area (Å²) in [7, 11) is 1.48. The third-order valence-electron chi connectivity index (χ3n) is 21.0. The number of fused-ring (bicyclic) bond motifs is 3. The Morgan fingerprint density at radius 1 is 0.871 bits per heavy atom. The molecule has 0 radical (unpaired) electrons. The van der Waals surface area contributed by atoms with E-state index in [2.05, 4.69) is 81.3 Å². The lowest BCUT2D eigenvalue weighted by molar-refractivity contribution is -0.148. The van der Waals surface area contributed by atoms with E-state index in [1.807, 2.05) is 72.9 Å². The van der Waals surface area contributed by atoms with Gasteiger partial charge in [-0.3, -0.25) is 14.4 Å². The molecule has 2 aliphatic heterocycles. The predicted molar refractivity (Wildman–Crippen MR) is 358 cm³/mol. The van der Waals surface area contributed by atoms with Gasteiger partial charge in [-0.1, -0.05) is 110 Å². The van der Waals surface area contributed by atoms with Gasteiger partial charge in [0.25, 0.3) is 0 Å². The van der Waals surface area contributed by atoms with Gasteiger partial charge in [0.15, 0.2) is 11.5 Å². The zero-order valence-corrected chi connectivity index (χ0v) is 53.3. The summed E-state index contributed by atoms with van der Waals surface area (Å²) in [4.78, 5) is 47.7. The molecule has 93 heavy (non-hydrogen) atoms. The van der Waals surface area contributed by atoms with Gasteiger partial charge in [0.05, 0.1) is 30.9 Å². The third-order valence-corrected chi connectivity index (χ3v) is 21.0. The molecule has 7 N–H and O–H groups in total. The van der Waals surface area contributed by atoms with Crippen molar-refractivity contribution >= 4 is 34.0 Å². The van der Waals surface area contributed by atoms with Gasteiger partial charge >= 0.3 is 5.97 Å². The molecule has 0 saturated heterocycles. The number of H-pyrrole nitrogens is 1. The van der Waals surface area contributed by atoms with Crippen molar-refractivity contribution in [3.8, 4) is 46.3 Å². The Labute approximate surface area is 543 Å². The molecule has 1 saturated carbocycles. The van der Waals surface area contributed by atoms with Gasteiger partial charge in [-0.25, -0.2) is 0 Å².